The first kappa shape index (κ1) is 11.7. The van der Waals surface area contributed by atoms with Crippen LogP contribution in [-0.2, 0) is 0 Å². The number of nitrogens with zero attached hydrogens (tertiary/aromatic N) is 1. The SMILES string of the molecule is Cc1ccc([N+](=O)[O-])c(C(C)CCN)c1. The fourth-order valence-electron chi connectivity index (χ4n) is 1.64. The summed E-state index contributed by atoms with van der Waals surface area (Å²) in [5.41, 5.74) is 7.48. The molecule has 1 unspecified atom stereocenters. The zero-order valence-corrected chi connectivity index (χ0v) is 9.06. The fourth-order valence-corrected chi connectivity index (χ4v) is 1.64. The molecule has 1 atom stereocenters. The van der Waals surface area contributed by atoms with Gasteiger partial charge in [-0.1, -0.05) is 18.6 Å². The Kier molecular flexibility index (Phi) is 3.80. The molecule has 1 rings (SSSR count). The highest BCUT2D eigenvalue weighted by Crippen LogP contribution is 2.29. The molecule has 1 aromatic rings. The van der Waals surface area contributed by atoms with Gasteiger partial charge in [0.25, 0.3) is 5.69 Å². The van der Waals surface area contributed by atoms with Crippen LogP contribution in [0.1, 0.15) is 30.4 Å². The number of nitrogens with two attached hydrogens (primary N) is 1. The van der Waals surface area contributed by atoms with E-state index in [4.69, 9.17) is 5.73 Å². The predicted octanol–water partition coefficient (Wildman–Crippen LogP) is 2.36. The maximum absolute atomic E-state index is 10.8. The van der Waals surface area contributed by atoms with Crippen LogP contribution in [0.2, 0.25) is 0 Å². The molecule has 0 aliphatic rings. The number of nitro groups is 1. The Labute approximate surface area is 89.2 Å². The second-order valence-corrected chi connectivity index (χ2v) is 3.80. The largest absolute Gasteiger partial charge is 0.330 e. The number of nitro benzene ring substituents is 1. The molecule has 4 heteroatoms. The maximum atomic E-state index is 10.8. The molecular weight excluding hydrogens is 192 g/mol. The van der Waals surface area contributed by atoms with Crippen LogP contribution in [0.4, 0.5) is 5.69 Å². The molecule has 0 spiro atoms. The molecule has 82 valence electrons. The van der Waals surface area contributed by atoms with E-state index in [-0.39, 0.29) is 16.5 Å². The van der Waals surface area contributed by atoms with Crippen LogP contribution < -0.4 is 5.73 Å². The van der Waals surface area contributed by atoms with Crippen LogP contribution in [0.3, 0.4) is 0 Å². The van der Waals surface area contributed by atoms with Crippen molar-refractivity contribution >= 4 is 5.69 Å². The Balaban J connectivity index is 3.12. The van der Waals surface area contributed by atoms with Gasteiger partial charge in [-0.05, 0) is 31.9 Å². The highest BCUT2D eigenvalue weighted by atomic mass is 16.6. The predicted molar refractivity (Wildman–Crippen MR) is 59.9 cm³/mol. The van der Waals surface area contributed by atoms with Crippen molar-refractivity contribution in [1.82, 2.24) is 0 Å². The molecule has 15 heavy (non-hydrogen) atoms. The highest BCUT2D eigenvalue weighted by Gasteiger charge is 2.18. The standard InChI is InChI=1S/C11H16N2O2/c1-8-3-4-11(13(14)15)10(7-8)9(2)5-6-12/h3-4,7,9H,5-6,12H2,1-2H3. The second kappa shape index (κ2) is 4.89. The lowest BCUT2D eigenvalue weighted by Crippen LogP contribution is -2.06. The molecule has 0 radical (unpaired) electrons. The van der Waals surface area contributed by atoms with Crippen molar-refractivity contribution < 1.29 is 4.92 Å². The van der Waals surface area contributed by atoms with Gasteiger partial charge < -0.3 is 5.73 Å². The molecule has 0 bridgehead atoms. The van der Waals surface area contributed by atoms with E-state index in [2.05, 4.69) is 0 Å². The lowest BCUT2D eigenvalue weighted by Gasteiger charge is -2.11. The van der Waals surface area contributed by atoms with Gasteiger partial charge >= 0.3 is 0 Å². The summed E-state index contributed by atoms with van der Waals surface area (Å²) < 4.78 is 0. The Morgan fingerprint density at radius 3 is 2.73 bits per heavy atom. The maximum Gasteiger partial charge on any atom is 0.272 e. The normalized spacial score (nSPS) is 12.5. The summed E-state index contributed by atoms with van der Waals surface area (Å²) in [6.07, 6.45) is 0.768. The molecule has 0 saturated heterocycles. The number of benzene rings is 1. The van der Waals surface area contributed by atoms with Crippen molar-refractivity contribution in [3.05, 3.63) is 39.4 Å². The van der Waals surface area contributed by atoms with Crippen molar-refractivity contribution in [3.8, 4) is 0 Å². The molecule has 0 heterocycles. The van der Waals surface area contributed by atoms with Gasteiger partial charge in [-0.2, -0.15) is 0 Å². The first-order chi connectivity index (χ1) is 7.06. The zero-order chi connectivity index (χ0) is 11.4. The second-order valence-electron chi connectivity index (χ2n) is 3.80. The summed E-state index contributed by atoms with van der Waals surface area (Å²) in [6.45, 7) is 4.45. The smallest absolute Gasteiger partial charge is 0.272 e. The lowest BCUT2D eigenvalue weighted by molar-refractivity contribution is -0.385. The summed E-state index contributed by atoms with van der Waals surface area (Å²) in [6, 6.07) is 5.20. The Morgan fingerprint density at radius 1 is 1.53 bits per heavy atom. The summed E-state index contributed by atoms with van der Waals surface area (Å²) in [5.74, 6) is 0.135. The topological polar surface area (TPSA) is 69.2 Å². The summed E-state index contributed by atoms with van der Waals surface area (Å²) in [7, 11) is 0. The first-order valence-electron chi connectivity index (χ1n) is 5.01. The average molecular weight is 208 g/mol. The van der Waals surface area contributed by atoms with E-state index in [1.54, 1.807) is 12.1 Å². The van der Waals surface area contributed by atoms with E-state index < -0.39 is 0 Å². The van der Waals surface area contributed by atoms with Gasteiger partial charge in [0, 0.05) is 11.6 Å². The van der Waals surface area contributed by atoms with Crippen LogP contribution in [0.25, 0.3) is 0 Å². The summed E-state index contributed by atoms with van der Waals surface area (Å²) >= 11 is 0. The van der Waals surface area contributed by atoms with Crippen LogP contribution in [0.15, 0.2) is 18.2 Å². The third-order valence-corrected chi connectivity index (χ3v) is 2.51. The van der Waals surface area contributed by atoms with E-state index in [1.165, 1.54) is 0 Å². The van der Waals surface area contributed by atoms with Gasteiger partial charge in [0.2, 0.25) is 0 Å². The first-order valence-corrected chi connectivity index (χ1v) is 5.01. The van der Waals surface area contributed by atoms with Crippen LogP contribution >= 0.6 is 0 Å². The van der Waals surface area contributed by atoms with Gasteiger partial charge in [0.15, 0.2) is 0 Å². The number of aryl methyl sites for hydroxylation is 1. The molecule has 0 aromatic heterocycles. The van der Waals surface area contributed by atoms with Crippen molar-refractivity contribution in [2.45, 2.75) is 26.2 Å². The molecule has 1 aromatic carbocycles. The van der Waals surface area contributed by atoms with E-state index in [1.807, 2.05) is 19.9 Å². The monoisotopic (exact) mass is 208 g/mol. The molecule has 0 aliphatic heterocycles. The van der Waals surface area contributed by atoms with Crippen molar-refractivity contribution in [3.63, 3.8) is 0 Å². The third-order valence-electron chi connectivity index (χ3n) is 2.51. The molecule has 0 fully saturated rings. The lowest BCUT2D eigenvalue weighted by atomic mass is 9.95. The van der Waals surface area contributed by atoms with E-state index in [9.17, 15) is 10.1 Å². The Hall–Kier alpha value is -1.42. The molecule has 0 aliphatic carbocycles. The van der Waals surface area contributed by atoms with E-state index in [0.717, 1.165) is 17.5 Å². The minimum absolute atomic E-state index is 0.135. The van der Waals surface area contributed by atoms with Crippen molar-refractivity contribution in [1.29, 1.82) is 0 Å². The van der Waals surface area contributed by atoms with E-state index in [0.29, 0.717) is 6.54 Å². The van der Waals surface area contributed by atoms with Gasteiger partial charge in [0.1, 0.15) is 0 Å². The molecule has 0 amide bonds. The minimum Gasteiger partial charge on any atom is -0.330 e. The third kappa shape index (κ3) is 2.76. The Bertz CT molecular complexity index is 364. The van der Waals surface area contributed by atoms with Crippen LogP contribution in [0.5, 0.6) is 0 Å². The van der Waals surface area contributed by atoms with Crippen molar-refractivity contribution in [2.75, 3.05) is 6.54 Å². The van der Waals surface area contributed by atoms with Crippen LogP contribution in [-0.4, -0.2) is 11.5 Å². The average Bonchev–Trinajstić information content (AvgIpc) is 2.17. The summed E-state index contributed by atoms with van der Waals surface area (Å²) in [4.78, 5) is 10.5. The number of hydrogen-bond acceptors (Lipinski definition) is 3. The van der Waals surface area contributed by atoms with Gasteiger partial charge in [-0.15, -0.1) is 0 Å². The molecule has 4 nitrogen and oxygen atoms in total. The highest BCUT2D eigenvalue weighted by molar-refractivity contribution is 5.44. The number of hydrogen-bond donors (Lipinski definition) is 1. The fraction of sp³-hybridized carbons (Fsp3) is 0.455. The molecular formula is C11H16N2O2. The quantitative estimate of drug-likeness (QED) is 0.610. The Morgan fingerprint density at radius 2 is 2.20 bits per heavy atom. The van der Waals surface area contributed by atoms with Gasteiger partial charge in [0.05, 0.1) is 4.92 Å². The number of rotatable bonds is 4. The zero-order valence-electron chi connectivity index (χ0n) is 9.06. The van der Waals surface area contributed by atoms with Crippen molar-refractivity contribution in [2.24, 2.45) is 5.73 Å². The minimum atomic E-state index is -0.332. The molecule has 0 saturated carbocycles. The van der Waals surface area contributed by atoms with Gasteiger partial charge in [-0.3, -0.25) is 10.1 Å². The molecule has 2 N–H and O–H groups in total. The summed E-state index contributed by atoms with van der Waals surface area (Å²) in [5, 5.41) is 10.8. The van der Waals surface area contributed by atoms with E-state index >= 15 is 0 Å². The van der Waals surface area contributed by atoms with Crippen LogP contribution in [0, 0.1) is 17.0 Å². The van der Waals surface area contributed by atoms with Gasteiger partial charge in [-0.25, -0.2) is 0 Å².